The minimum atomic E-state index is -0.612. The van der Waals surface area contributed by atoms with Crippen LogP contribution >= 0.6 is 11.6 Å². The summed E-state index contributed by atoms with van der Waals surface area (Å²) in [5, 5.41) is -0.199. The second-order valence-corrected chi connectivity index (χ2v) is 4.48. The molecule has 0 radical (unpaired) electrons. The zero-order valence-electron chi connectivity index (χ0n) is 8.14. The lowest BCUT2D eigenvalue weighted by molar-refractivity contribution is 0.531. The molecular weight excluding hydrogens is 220 g/mol. The topological polar surface area (TPSA) is 26.0 Å². The molecule has 1 aliphatic rings. The van der Waals surface area contributed by atoms with E-state index in [1.54, 1.807) is 0 Å². The largest absolute Gasteiger partial charge is 0.324 e. The van der Waals surface area contributed by atoms with E-state index in [4.69, 9.17) is 17.3 Å². The van der Waals surface area contributed by atoms with Gasteiger partial charge in [0.25, 0.3) is 0 Å². The monoisotopic (exact) mass is 231 g/mol. The van der Waals surface area contributed by atoms with Gasteiger partial charge in [-0.3, -0.25) is 0 Å². The van der Waals surface area contributed by atoms with Crippen molar-refractivity contribution in [2.24, 2.45) is 11.7 Å². The molecule has 2 N–H and O–H groups in total. The van der Waals surface area contributed by atoms with Crippen molar-refractivity contribution in [3.63, 3.8) is 0 Å². The Hall–Kier alpha value is -0.670. The zero-order valence-corrected chi connectivity index (χ0v) is 8.90. The molecule has 82 valence electrons. The molecule has 1 aromatic carbocycles. The number of halogens is 3. The highest BCUT2D eigenvalue weighted by atomic mass is 35.5. The SMILES string of the molecule is NC(CC1CC1)c1cc(F)c(Cl)cc1F. The van der Waals surface area contributed by atoms with E-state index in [1.165, 1.54) is 0 Å². The summed E-state index contributed by atoms with van der Waals surface area (Å²) in [6.45, 7) is 0. The Morgan fingerprint density at radius 2 is 2.00 bits per heavy atom. The predicted octanol–water partition coefficient (Wildman–Crippen LogP) is 3.42. The van der Waals surface area contributed by atoms with Crippen LogP contribution in [0.3, 0.4) is 0 Å². The summed E-state index contributed by atoms with van der Waals surface area (Å²) in [5.41, 5.74) is 6.03. The molecule has 1 aromatic rings. The van der Waals surface area contributed by atoms with E-state index in [2.05, 4.69) is 0 Å². The van der Waals surface area contributed by atoms with E-state index < -0.39 is 17.7 Å². The molecule has 0 amide bonds. The van der Waals surface area contributed by atoms with Gasteiger partial charge in [0, 0.05) is 11.6 Å². The number of hydrogen-bond donors (Lipinski definition) is 1. The fraction of sp³-hybridized carbons (Fsp3) is 0.455. The molecule has 15 heavy (non-hydrogen) atoms. The van der Waals surface area contributed by atoms with Crippen LogP contribution in [0.1, 0.15) is 30.9 Å². The summed E-state index contributed by atoms with van der Waals surface area (Å²) >= 11 is 5.45. The van der Waals surface area contributed by atoms with Crippen molar-refractivity contribution >= 4 is 11.6 Å². The van der Waals surface area contributed by atoms with Gasteiger partial charge in [0.05, 0.1) is 5.02 Å². The van der Waals surface area contributed by atoms with Gasteiger partial charge in [-0.25, -0.2) is 8.78 Å². The quantitative estimate of drug-likeness (QED) is 0.793. The van der Waals surface area contributed by atoms with E-state index in [1.807, 2.05) is 0 Å². The Balaban J connectivity index is 2.21. The van der Waals surface area contributed by atoms with E-state index in [0.717, 1.165) is 31.4 Å². The summed E-state index contributed by atoms with van der Waals surface area (Å²) in [7, 11) is 0. The summed E-state index contributed by atoms with van der Waals surface area (Å²) in [6.07, 6.45) is 3.01. The third-order valence-corrected chi connectivity index (χ3v) is 3.01. The van der Waals surface area contributed by atoms with E-state index in [9.17, 15) is 8.78 Å². The molecule has 0 aliphatic heterocycles. The molecule has 1 unspecified atom stereocenters. The first-order valence-corrected chi connectivity index (χ1v) is 5.35. The van der Waals surface area contributed by atoms with Gasteiger partial charge in [0.1, 0.15) is 11.6 Å². The van der Waals surface area contributed by atoms with Gasteiger partial charge < -0.3 is 5.73 Å². The minimum absolute atomic E-state index is 0.199. The fourth-order valence-corrected chi connectivity index (χ4v) is 1.81. The molecular formula is C11H12ClF2N. The number of hydrogen-bond acceptors (Lipinski definition) is 1. The predicted molar refractivity (Wildman–Crippen MR) is 55.6 cm³/mol. The first kappa shape index (κ1) is 10.8. The smallest absolute Gasteiger partial charge is 0.142 e. The molecule has 1 nitrogen and oxygen atoms in total. The van der Waals surface area contributed by atoms with E-state index in [0.29, 0.717) is 5.92 Å². The van der Waals surface area contributed by atoms with Crippen molar-refractivity contribution in [1.82, 2.24) is 0 Å². The third kappa shape index (κ3) is 2.47. The highest BCUT2D eigenvalue weighted by Crippen LogP contribution is 2.37. The van der Waals surface area contributed by atoms with Gasteiger partial charge in [0.2, 0.25) is 0 Å². The lowest BCUT2D eigenvalue weighted by Crippen LogP contribution is -2.13. The Kier molecular flexibility index (Phi) is 2.94. The van der Waals surface area contributed by atoms with Crippen LogP contribution in [0, 0.1) is 17.6 Å². The highest BCUT2D eigenvalue weighted by Gasteiger charge is 2.26. The van der Waals surface area contributed by atoms with Crippen molar-refractivity contribution in [3.05, 3.63) is 34.4 Å². The molecule has 1 aliphatic carbocycles. The molecule has 1 saturated carbocycles. The second-order valence-electron chi connectivity index (χ2n) is 4.07. The molecule has 0 saturated heterocycles. The van der Waals surface area contributed by atoms with Crippen molar-refractivity contribution in [2.45, 2.75) is 25.3 Å². The normalized spacial score (nSPS) is 17.9. The van der Waals surface area contributed by atoms with Gasteiger partial charge in [0.15, 0.2) is 0 Å². The average molecular weight is 232 g/mol. The van der Waals surface area contributed by atoms with Crippen molar-refractivity contribution in [3.8, 4) is 0 Å². The van der Waals surface area contributed by atoms with E-state index in [-0.39, 0.29) is 10.6 Å². The van der Waals surface area contributed by atoms with Crippen LogP contribution in [-0.4, -0.2) is 0 Å². The molecule has 0 aromatic heterocycles. The number of rotatable bonds is 3. The molecule has 0 spiro atoms. The maximum absolute atomic E-state index is 13.4. The van der Waals surface area contributed by atoms with Crippen LogP contribution in [0.2, 0.25) is 5.02 Å². The Labute approximate surface area is 92.2 Å². The van der Waals surface area contributed by atoms with Gasteiger partial charge in [-0.15, -0.1) is 0 Å². The van der Waals surface area contributed by atoms with Crippen LogP contribution in [-0.2, 0) is 0 Å². The standard InChI is InChI=1S/C11H12ClF2N/c12-8-5-9(13)7(4-10(8)14)11(15)3-6-1-2-6/h4-6,11H,1-3,15H2. The Morgan fingerprint density at radius 3 is 2.60 bits per heavy atom. The van der Waals surface area contributed by atoms with Gasteiger partial charge in [-0.2, -0.15) is 0 Å². The van der Waals surface area contributed by atoms with Gasteiger partial charge >= 0.3 is 0 Å². The minimum Gasteiger partial charge on any atom is -0.324 e. The van der Waals surface area contributed by atoms with Gasteiger partial charge in [-0.05, 0) is 24.5 Å². The molecule has 0 heterocycles. The molecule has 1 fully saturated rings. The van der Waals surface area contributed by atoms with Crippen molar-refractivity contribution in [2.75, 3.05) is 0 Å². The summed E-state index contributed by atoms with van der Waals surface area (Å²) in [6, 6.07) is 1.66. The Morgan fingerprint density at radius 1 is 1.33 bits per heavy atom. The van der Waals surface area contributed by atoms with Gasteiger partial charge in [-0.1, -0.05) is 24.4 Å². The summed E-state index contributed by atoms with van der Waals surface area (Å²) < 4.78 is 26.5. The van der Waals surface area contributed by atoms with Crippen molar-refractivity contribution < 1.29 is 8.78 Å². The summed E-state index contributed by atoms with van der Waals surface area (Å²) in [4.78, 5) is 0. The maximum atomic E-state index is 13.4. The van der Waals surface area contributed by atoms with Crippen molar-refractivity contribution in [1.29, 1.82) is 0 Å². The summed E-state index contributed by atoms with van der Waals surface area (Å²) in [5.74, 6) is -0.549. The third-order valence-electron chi connectivity index (χ3n) is 2.72. The molecule has 2 rings (SSSR count). The fourth-order valence-electron chi connectivity index (χ4n) is 1.66. The molecule has 0 bridgehead atoms. The average Bonchev–Trinajstić information content (AvgIpc) is 2.95. The highest BCUT2D eigenvalue weighted by molar-refractivity contribution is 6.30. The number of nitrogens with two attached hydrogens (primary N) is 1. The first-order chi connectivity index (χ1) is 7.08. The van der Waals surface area contributed by atoms with Crippen LogP contribution in [0.25, 0.3) is 0 Å². The lowest BCUT2D eigenvalue weighted by Gasteiger charge is -2.12. The lowest BCUT2D eigenvalue weighted by atomic mass is 10.0. The Bertz CT molecular complexity index is 377. The second kappa shape index (κ2) is 4.06. The molecule has 4 heteroatoms. The van der Waals surface area contributed by atoms with Crippen LogP contribution in [0.15, 0.2) is 12.1 Å². The molecule has 1 atom stereocenters. The van der Waals surface area contributed by atoms with Crippen LogP contribution in [0.5, 0.6) is 0 Å². The number of benzene rings is 1. The van der Waals surface area contributed by atoms with Crippen LogP contribution in [0.4, 0.5) is 8.78 Å². The van der Waals surface area contributed by atoms with Crippen LogP contribution < -0.4 is 5.73 Å². The first-order valence-electron chi connectivity index (χ1n) is 4.98. The zero-order chi connectivity index (χ0) is 11.0. The maximum Gasteiger partial charge on any atom is 0.142 e. The van der Waals surface area contributed by atoms with E-state index >= 15 is 0 Å².